The maximum Gasteiger partial charge on any atom is 0.127 e. The zero-order valence-corrected chi connectivity index (χ0v) is 10.6. The van der Waals surface area contributed by atoms with Crippen LogP contribution < -0.4 is 4.74 Å². The summed E-state index contributed by atoms with van der Waals surface area (Å²) in [5.41, 5.74) is 1.34. The van der Waals surface area contributed by atoms with Gasteiger partial charge in [-0.3, -0.25) is 0 Å². The molecule has 0 fully saturated rings. The summed E-state index contributed by atoms with van der Waals surface area (Å²) in [5.74, 6) is 1.66. The predicted octanol–water partition coefficient (Wildman–Crippen LogP) is 5.08. The van der Waals surface area contributed by atoms with Crippen molar-refractivity contribution in [3.05, 3.63) is 59.1 Å². The Morgan fingerprint density at radius 2 is 1.41 bits per heavy atom. The summed E-state index contributed by atoms with van der Waals surface area (Å²) < 4.78 is 5.71. The lowest BCUT2D eigenvalue weighted by Crippen LogP contribution is -1.86. The molecule has 0 atom stereocenters. The minimum absolute atomic E-state index is 0.718. The summed E-state index contributed by atoms with van der Waals surface area (Å²) in [6, 6.07) is 15.6. The maximum absolute atomic E-state index is 5.81. The number of aryl methyl sites for hydroxylation is 1. The molecule has 0 saturated carbocycles. The van der Waals surface area contributed by atoms with Gasteiger partial charge in [0.25, 0.3) is 0 Å². The molecule has 0 radical (unpaired) electrons. The first-order chi connectivity index (χ1) is 8.28. The number of hydrogen-bond donors (Lipinski definition) is 0. The van der Waals surface area contributed by atoms with E-state index < -0.39 is 0 Å². The second-order valence-corrected chi connectivity index (χ2v) is 4.39. The van der Waals surface area contributed by atoms with Crippen molar-refractivity contribution in [3.8, 4) is 11.5 Å². The van der Waals surface area contributed by atoms with Crippen molar-refractivity contribution < 1.29 is 4.74 Å². The molecule has 88 valence electrons. The van der Waals surface area contributed by atoms with Crippen LogP contribution in [0.15, 0.2) is 48.5 Å². The van der Waals surface area contributed by atoms with Crippen LogP contribution in [-0.4, -0.2) is 0 Å². The van der Waals surface area contributed by atoms with Gasteiger partial charge in [0.1, 0.15) is 11.5 Å². The summed E-state index contributed by atoms with van der Waals surface area (Å²) in [6.07, 6.45) is 2.28. The van der Waals surface area contributed by atoms with E-state index in [1.54, 1.807) is 0 Å². The number of ether oxygens (including phenoxy) is 1. The number of hydrogen-bond acceptors (Lipinski definition) is 1. The summed E-state index contributed by atoms with van der Waals surface area (Å²) in [5, 5.41) is 0.718. The van der Waals surface area contributed by atoms with Crippen LogP contribution in [0.5, 0.6) is 11.5 Å². The smallest absolute Gasteiger partial charge is 0.127 e. The van der Waals surface area contributed by atoms with Crippen molar-refractivity contribution in [3.63, 3.8) is 0 Å². The van der Waals surface area contributed by atoms with Gasteiger partial charge in [-0.1, -0.05) is 37.1 Å². The van der Waals surface area contributed by atoms with Gasteiger partial charge in [0.05, 0.1) is 0 Å². The molecule has 0 unspecified atom stereocenters. The third-order valence-corrected chi connectivity index (χ3v) is 2.76. The Hall–Kier alpha value is -1.47. The van der Waals surface area contributed by atoms with Crippen molar-refractivity contribution in [2.45, 2.75) is 19.8 Å². The average Bonchev–Trinajstić information content (AvgIpc) is 2.35. The van der Waals surface area contributed by atoms with Crippen molar-refractivity contribution in [2.75, 3.05) is 0 Å². The zero-order chi connectivity index (χ0) is 12.1. The molecule has 2 heteroatoms. The highest BCUT2D eigenvalue weighted by Gasteiger charge is 1.97. The van der Waals surface area contributed by atoms with Gasteiger partial charge >= 0.3 is 0 Å². The highest BCUT2D eigenvalue weighted by atomic mass is 35.5. The van der Waals surface area contributed by atoms with Crippen LogP contribution in [-0.2, 0) is 6.42 Å². The molecule has 0 heterocycles. The highest BCUT2D eigenvalue weighted by molar-refractivity contribution is 6.30. The summed E-state index contributed by atoms with van der Waals surface area (Å²) in [6.45, 7) is 2.18. The lowest BCUT2D eigenvalue weighted by Gasteiger charge is -2.06. The van der Waals surface area contributed by atoms with Crippen molar-refractivity contribution in [1.29, 1.82) is 0 Å². The Morgan fingerprint density at radius 1 is 0.882 bits per heavy atom. The van der Waals surface area contributed by atoms with E-state index in [2.05, 4.69) is 19.1 Å². The normalized spacial score (nSPS) is 10.2. The average molecular weight is 247 g/mol. The van der Waals surface area contributed by atoms with Gasteiger partial charge in [-0.05, 0) is 48.4 Å². The molecular formula is C15H15ClO. The fourth-order valence-electron chi connectivity index (χ4n) is 1.65. The van der Waals surface area contributed by atoms with Crippen molar-refractivity contribution >= 4 is 11.6 Å². The summed E-state index contributed by atoms with van der Waals surface area (Å²) in [4.78, 5) is 0. The molecule has 0 bridgehead atoms. The molecule has 2 rings (SSSR count). The second kappa shape index (κ2) is 5.74. The number of halogens is 1. The SMILES string of the molecule is CCCc1ccc(Oc2ccc(Cl)cc2)cc1. The van der Waals surface area contributed by atoms with Crippen LogP contribution in [0, 0.1) is 0 Å². The third-order valence-electron chi connectivity index (χ3n) is 2.51. The molecule has 0 N–H and O–H groups in total. The minimum Gasteiger partial charge on any atom is -0.457 e. The Kier molecular flexibility index (Phi) is 4.05. The van der Waals surface area contributed by atoms with E-state index in [9.17, 15) is 0 Å². The third kappa shape index (κ3) is 3.50. The highest BCUT2D eigenvalue weighted by Crippen LogP contribution is 2.23. The number of rotatable bonds is 4. The lowest BCUT2D eigenvalue weighted by atomic mass is 10.1. The molecule has 17 heavy (non-hydrogen) atoms. The van der Waals surface area contributed by atoms with Gasteiger partial charge in [0, 0.05) is 5.02 Å². The van der Waals surface area contributed by atoms with Crippen LogP contribution in [0.4, 0.5) is 0 Å². The first kappa shape index (κ1) is 12.0. The Balaban J connectivity index is 2.05. The number of benzene rings is 2. The molecule has 0 spiro atoms. The molecular weight excluding hydrogens is 232 g/mol. The van der Waals surface area contributed by atoms with Gasteiger partial charge < -0.3 is 4.74 Å². The lowest BCUT2D eigenvalue weighted by molar-refractivity contribution is 0.482. The quantitative estimate of drug-likeness (QED) is 0.731. The fraction of sp³-hybridized carbons (Fsp3) is 0.200. The van der Waals surface area contributed by atoms with Crippen LogP contribution in [0.25, 0.3) is 0 Å². The van der Waals surface area contributed by atoms with Crippen LogP contribution in [0.1, 0.15) is 18.9 Å². The van der Waals surface area contributed by atoms with E-state index in [1.807, 2.05) is 36.4 Å². The van der Waals surface area contributed by atoms with E-state index in [-0.39, 0.29) is 0 Å². The van der Waals surface area contributed by atoms with E-state index in [0.717, 1.165) is 29.4 Å². The first-order valence-electron chi connectivity index (χ1n) is 5.80. The Bertz CT molecular complexity index is 459. The standard InChI is InChI=1S/C15H15ClO/c1-2-3-12-4-8-14(9-5-12)17-15-10-6-13(16)7-11-15/h4-11H,2-3H2,1H3. The summed E-state index contributed by atoms with van der Waals surface area (Å²) >= 11 is 5.81. The van der Waals surface area contributed by atoms with Gasteiger partial charge in [0.15, 0.2) is 0 Å². The molecule has 0 amide bonds. The molecule has 1 nitrogen and oxygen atoms in total. The van der Waals surface area contributed by atoms with Crippen molar-refractivity contribution in [1.82, 2.24) is 0 Å². The monoisotopic (exact) mass is 246 g/mol. The van der Waals surface area contributed by atoms with E-state index in [4.69, 9.17) is 16.3 Å². The first-order valence-corrected chi connectivity index (χ1v) is 6.18. The van der Waals surface area contributed by atoms with Crippen LogP contribution in [0.3, 0.4) is 0 Å². The van der Waals surface area contributed by atoms with Gasteiger partial charge in [-0.2, -0.15) is 0 Å². The molecule has 2 aromatic carbocycles. The zero-order valence-electron chi connectivity index (χ0n) is 9.82. The van der Waals surface area contributed by atoms with Gasteiger partial charge in [0.2, 0.25) is 0 Å². The maximum atomic E-state index is 5.81. The van der Waals surface area contributed by atoms with Gasteiger partial charge in [-0.15, -0.1) is 0 Å². The van der Waals surface area contributed by atoms with E-state index in [1.165, 1.54) is 5.56 Å². The Labute approximate surface area is 107 Å². The van der Waals surface area contributed by atoms with Crippen molar-refractivity contribution in [2.24, 2.45) is 0 Å². The fourth-order valence-corrected chi connectivity index (χ4v) is 1.78. The molecule has 0 aromatic heterocycles. The van der Waals surface area contributed by atoms with Crippen LogP contribution in [0.2, 0.25) is 5.02 Å². The van der Waals surface area contributed by atoms with Crippen LogP contribution >= 0.6 is 11.6 Å². The largest absolute Gasteiger partial charge is 0.457 e. The molecule has 0 aliphatic heterocycles. The molecule has 0 saturated heterocycles. The molecule has 0 aliphatic carbocycles. The molecule has 2 aromatic rings. The van der Waals surface area contributed by atoms with E-state index in [0.29, 0.717) is 0 Å². The summed E-state index contributed by atoms with van der Waals surface area (Å²) in [7, 11) is 0. The molecule has 0 aliphatic rings. The Morgan fingerprint density at radius 3 is 1.94 bits per heavy atom. The van der Waals surface area contributed by atoms with E-state index >= 15 is 0 Å². The second-order valence-electron chi connectivity index (χ2n) is 3.95. The predicted molar refractivity (Wildman–Crippen MR) is 72.0 cm³/mol. The minimum atomic E-state index is 0.718. The topological polar surface area (TPSA) is 9.23 Å². The van der Waals surface area contributed by atoms with Gasteiger partial charge in [-0.25, -0.2) is 0 Å².